The molecule has 136 valence electrons. The highest BCUT2D eigenvalue weighted by molar-refractivity contribution is 9.10. The zero-order chi connectivity index (χ0) is 18.6. The fourth-order valence-electron chi connectivity index (χ4n) is 2.18. The Morgan fingerprint density at radius 2 is 2.00 bits per heavy atom. The Hall–Kier alpha value is -1.57. The van der Waals surface area contributed by atoms with Crippen molar-refractivity contribution >= 4 is 39.4 Å². The van der Waals surface area contributed by atoms with Gasteiger partial charge in [0.2, 0.25) is 0 Å². The molecule has 0 aliphatic heterocycles. The lowest BCUT2D eigenvalue weighted by atomic mass is 10.2. The molecule has 8 heteroatoms. The van der Waals surface area contributed by atoms with Gasteiger partial charge in [-0.1, -0.05) is 27.5 Å². The minimum absolute atomic E-state index is 0.507. The standard InChI is InChI=1S/C17H22BrClN4O2/c1-17(2,3)25-16(24)22-15-12(10-21-23(15)4)9-20-8-11-7-13(18)5-6-14(11)19/h5-7,10,20H,8-9H2,1-4H3,(H,22,24). The molecule has 0 fully saturated rings. The number of carbonyl (C=O) groups excluding carboxylic acids is 1. The van der Waals surface area contributed by atoms with E-state index in [1.807, 2.05) is 39.0 Å². The first-order valence-electron chi connectivity index (χ1n) is 7.81. The molecule has 6 nitrogen and oxygen atoms in total. The molecule has 0 aliphatic rings. The van der Waals surface area contributed by atoms with Gasteiger partial charge in [0.1, 0.15) is 11.4 Å². The van der Waals surface area contributed by atoms with E-state index in [9.17, 15) is 4.79 Å². The summed E-state index contributed by atoms with van der Waals surface area (Å²) in [6, 6.07) is 5.72. The maximum Gasteiger partial charge on any atom is 0.413 e. The van der Waals surface area contributed by atoms with E-state index < -0.39 is 11.7 Å². The maximum absolute atomic E-state index is 12.0. The van der Waals surface area contributed by atoms with Crippen LogP contribution < -0.4 is 10.6 Å². The Labute approximate surface area is 161 Å². The quantitative estimate of drug-likeness (QED) is 0.735. The van der Waals surface area contributed by atoms with E-state index >= 15 is 0 Å². The third kappa shape index (κ3) is 6.02. The zero-order valence-corrected chi connectivity index (χ0v) is 17.0. The Bertz CT molecular complexity index is 756. The molecule has 25 heavy (non-hydrogen) atoms. The monoisotopic (exact) mass is 428 g/mol. The molecule has 0 radical (unpaired) electrons. The highest BCUT2D eigenvalue weighted by Crippen LogP contribution is 2.21. The number of anilines is 1. The lowest BCUT2D eigenvalue weighted by Gasteiger charge is -2.20. The normalized spacial score (nSPS) is 11.4. The van der Waals surface area contributed by atoms with Crippen LogP contribution in [0.1, 0.15) is 31.9 Å². The van der Waals surface area contributed by atoms with Crippen molar-refractivity contribution < 1.29 is 9.53 Å². The van der Waals surface area contributed by atoms with E-state index in [0.29, 0.717) is 23.9 Å². The summed E-state index contributed by atoms with van der Waals surface area (Å²) in [7, 11) is 1.77. The molecular formula is C17H22BrClN4O2. The van der Waals surface area contributed by atoms with Crippen LogP contribution >= 0.6 is 27.5 Å². The van der Waals surface area contributed by atoms with Crippen LogP contribution in [0, 0.1) is 0 Å². The fourth-order valence-corrected chi connectivity index (χ4v) is 2.78. The topological polar surface area (TPSA) is 68.2 Å². The molecule has 0 spiro atoms. The summed E-state index contributed by atoms with van der Waals surface area (Å²) in [6.45, 7) is 6.58. The molecule has 2 N–H and O–H groups in total. The molecule has 0 aliphatic carbocycles. The number of rotatable bonds is 5. The van der Waals surface area contributed by atoms with Crippen LogP contribution in [0.2, 0.25) is 5.02 Å². The van der Waals surface area contributed by atoms with Crippen LogP contribution in [0.15, 0.2) is 28.9 Å². The van der Waals surface area contributed by atoms with Gasteiger partial charge in [-0.2, -0.15) is 5.10 Å². The number of nitrogens with zero attached hydrogens (tertiary/aromatic N) is 2. The molecule has 2 rings (SSSR count). The van der Waals surface area contributed by atoms with Gasteiger partial charge in [0.05, 0.1) is 6.20 Å². The molecule has 1 aromatic carbocycles. The summed E-state index contributed by atoms with van der Waals surface area (Å²) in [5.41, 5.74) is 1.29. The van der Waals surface area contributed by atoms with E-state index in [1.165, 1.54) is 0 Å². The number of aryl methyl sites for hydroxylation is 1. The highest BCUT2D eigenvalue weighted by atomic mass is 79.9. The predicted octanol–water partition coefficient (Wildman–Crippen LogP) is 4.47. The van der Waals surface area contributed by atoms with Gasteiger partial charge in [-0.05, 0) is 44.5 Å². The summed E-state index contributed by atoms with van der Waals surface area (Å²) >= 11 is 9.63. The van der Waals surface area contributed by atoms with Gasteiger partial charge < -0.3 is 10.1 Å². The van der Waals surface area contributed by atoms with Gasteiger partial charge in [-0.15, -0.1) is 0 Å². The highest BCUT2D eigenvalue weighted by Gasteiger charge is 2.19. The van der Waals surface area contributed by atoms with Crippen LogP contribution in [0.3, 0.4) is 0 Å². The summed E-state index contributed by atoms with van der Waals surface area (Å²) in [5, 5.41) is 11.0. The second-order valence-electron chi connectivity index (χ2n) is 6.61. The zero-order valence-electron chi connectivity index (χ0n) is 14.7. The Morgan fingerprint density at radius 1 is 1.32 bits per heavy atom. The molecule has 0 saturated carbocycles. The first kappa shape index (κ1) is 19.8. The molecule has 0 atom stereocenters. The number of ether oxygens (including phenoxy) is 1. The minimum atomic E-state index is -0.557. The van der Waals surface area contributed by atoms with Crippen LogP contribution in [-0.4, -0.2) is 21.5 Å². The van der Waals surface area contributed by atoms with E-state index in [2.05, 4.69) is 31.7 Å². The number of amides is 1. The Balaban J connectivity index is 1.99. The minimum Gasteiger partial charge on any atom is -0.444 e. The van der Waals surface area contributed by atoms with Crippen molar-refractivity contribution in [2.75, 3.05) is 5.32 Å². The van der Waals surface area contributed by atoms with Crippen LogP contribution in [0.25, 0.3) is 0 Å². The largest absolute Gasteiger partial charge is 0.444 e. The molecular weight excluding hydrogens is 408 g/mol. The number of benzene rings is 1. The van der Waals surface area contributed by atoms with Crippen molar-refractivity contribution in [3.63, 3.8) is 0 Å². The predicted molar refractivity (Wildman–Crippen MR) is 103 cm³/mol. The lowest BCUT2D eigenvalue weighted by Crippen LogP contribution is -2.28. The fraction of sp³-hybridized carbons (Fsp3) is 0.412. The second kappa shape index (κ2) is 8.21. The number of aromatic nitrogens is 2. The van der Waals surface area contributed by atoms with Gasteiger partial charge in [0.25, 0.3) is 0 Å². The summed E-state index contributed by atoms with van der Waals surface area (Å²) in [4.78, 5) is 12.0. The summed E-state index contributed by atoms with van der Waals surface area (Å²) in [5.74, 6) is 0.599. The molecule has 0 unspecified atom stereocenters. The van der Waals surface area contributed by atoms with Crippen molar-refractivity contribution in [1.82, 2.24) is 15.1 Å². The number of carbonyl (C=O) groups is 1. The van der Waals surface area contributed by atoms with E-state index in [4.69, 9.17) is 16.3 Å². The first-order chi connectivity index (χ1) is 11.7. The van der Waals surface area contributed by atoms with E-state index in [0.717, 1.165) is 15.6 Å². The number of halogens is 2. The molecule has 2 aromatic rings. The van der Waals surface area contributed by atoms with E-state index in [1.54, 1.807) is 17.9 Å². The third-order valence-corrected chi connectivity index (χ3v) is 4.13. The van der Waals surface area contributed by atoms with Crippen molar-refractivity contribution in [2.45, 2.75) is 39.5 Å². The molecule has 0 bridgehead atoms. The molecule has 1 aromatic heterocycles. The van der Waals surface area contributed by atoms with Gasteiger partial charge in [0, 0.05) is 35.2 Å². The maximum atomic E-state index is 12.0. The van der Waals surface area contributed by atoms with Gasteiger partial charge >= 0.3 is 6.09 Å². The third-order valence-electron chi connectivity index (χ3n) is 3.27. The molecule has 0 saturated heterocycles. The Kier molecular flexibility index (Phi) is 6.48. The van der Waals surface area contributed by atoms with Crippen molar-refractivity contribution in [2.24, 2.45) is 7.05 Å². The number of hydrogen-bond donors (Lipinski definition) is 2. The van der Waals surface area contributed by atoms with Gasteiger partial charge in [-0.3, -0.25) is 10.00 Å². The second-order valence-corrected chi connectivity index (χ2v) is 7.93. The summed E-state index contributed by atoms with van der Waals surface area (Å²) in [6.07, 6.45) is 1.20. The van der Waals surface area contributed by atoms with Gasteiger partial charge in [-0.25, -0.2) is 4.79 Å². The average molecular weight is 430 g/mol. The first-order valence-corrected chi connectivity index (χ1v) is 8.98. The average Bonchev–Trinajstić information content (AvgIpc) is 2.82. The molecule has 1 heterocycles. The van der Waals surface area contributed by atoms with Gasteiger partial charge in [0.15, 0.2) is 0 Å². The summed E-state index contributed by atoms with van der Waals surface area (Å²) < 4.78 is 7.87. The number of nitrogens with one attached hydrogen (secondary N) is 2. The number of hydrogen-bond acceptors (Lipinski definition) is 4. The Morgan fingerprint density at radius 3 is 2.68 bits per heavy atom. The van der Waals surface area contributed by atoms with Crippen molar-refractivity contribution in [1.29, 1.82) is 0 Å². The smallest absolute Gasteiger partial charge is 0.413 e. The SMILES string of the molecule is Cn1ncc(CNCc2cc(Br)ccc2Cl)c1NC(=O)OC(C)(C)C. The van der Waals surface area contributed by atoms with Crippen molar-refractivity contribution in [3.05, 3.63) is 45.0 Å². The van der Waals surface area contributed by atoms with Crippen LogP contribution in [0.5, 0.6) is 0 Å². The van der Waals surface area contributed by atoms with Crippen LogP contribution in [-0.2, 0) is 24.9 Å². The van der Waals surface area contributed by atoms with E-state index in [-0.39, 0.29) is 0 Å². The van der Waals surface area contributed by atoms with Crippen LogP contribution in [0.4, 0.5) is 10.6 Å². The van der Waals surface area contributed by atoms with Crippen molar-refractivity contribution in [3.8, 4) is 0 Å². The lowest BCUT2D eigenvalue weighted by molar-refractivity contribution is 0.0634. The molecule has 1 amide bonds.